The summed E-state index contributed by atoms with van der Waals surface area (Å²) in [4.78, 5) is 14.4. The number of aromatic nitrogens is 3. The summed E-state index contributed by atoms with van der Waals surface area (Å²) >= 11 is 12.1. The van der Waals surface area contributed by atoms with Gasteiger partial charge in [-0.2, -0.15) is 0 Å². The van der Waals surface area contributed by atoms with Gasteiger partial charge in [0.1, 0.15) is 6.20 Å². The largest absolute Gasteiger partial charge is 0.368 e. The van der Waals surface area contributed by atoms with Gasteiger partial charge in [0.15, 0.2) is 5.82 Å². The number of hydrogen-bond acceptors (Lipinski definition) is 5. The third-order valence-electron chi connectivity index (χ3n) is 3.32. The molecule has 3 rings (SSSR count). The molecule has 1 N–H and O–H groups in total. The molecule has 2 heterocycles. The van der Waals surface area contributed by atoms with Crippen LogP contribution >= 0.6 is 23.2 Å². The average molecular weight is 352 g/mol. The van der Waals surface area contributed by atoms with Crippen LogP contribution in [-0.4, -0.2) is 19.5 Å². The lowest BCUT2D eigenvalue weighted by atomic mass is 10.1. The Bertz CT molecular complexity index is 896. The van der Waals surface area contributed by atoms with Gasteiger partial charge in [-0.3, -0.25) is 0 Å². The van der Waals surface area contributed by atoms with Crippen LogP contribution in [0.5, 0.6) is 0 Å². The Labute approximate surface area is 141 Å². The van der Waals surface area contributed by atoms with Crippen LogP contribution in [0, 0.1) is 10.1 Å². The lowest BCUT2D eigenvalue weighted by Gasteiger charge is -2.15. The van der Waals surface area contributed by atoms with Crippen molar-refractivity contribution >= 4 is 40.5 Å². The van der Waals surface area contributed by atoms with Gasteiger partial charge in [0.25, 0.3) is 0 Å². The van der Waals surface area contributed by atoms with Crippen molar-refractivity contribution in [2.75, 3.05) is 5.32 Å². The molecule has 3 aromatic rings. The van der Waals surface area contributed by atoms with E-state index in [1.807, 2.05) is 13.0 Å². The fourth-order valence-electron chi connectivity index (χ4n) is 2.21. The Morgan fingerprint density at radius 3 is 2.78 bits per heavy atom. The summed E-state index contributed by atoms with van der Waals surface area (Å²) in [6.45, 7) is 1.91. The Morgan fingerprint density at radius 1 is 1.30 bits per heavy atom. The van der Waals surface area contributed by atoms with Crippen molar-refractivity contribution in [1.29, 1.82) is 0 Å². The molecule has 0 saturated heterocycles. The summed E-state index contributed by atoms with van der Waals surface area (Å²) < 4.78 is 1.18. The van der Waals surface area contributed by atoms with Crippen molar-refractivity contribution in [2.24, 2.45) is 0 Å². The summed E-state index contributed by atoms with van der Waals surface area (Å²) in [7, 11) is 0. The highest BCUT2D eigenvalue weighted by molar-refractivity contribution is 6.35. The van der Waals surface area contributed by atoms with E-state index in [-0.39, 0.29) is 11.9 Å². The van der Waals surface area contributed by atoms with Crippen molar-refractivity contribution in [3.05, 3.63) is 62.3 Å². The van der Waals surface area contributed by atoms with Gasteiger partial charge in [-0.15, -0.1) is 0 Å². The van der Waals surface area contributed by atoms with Crippen molar-refractivity contribution < 1.29 is 4.92 Å². The van der Waals surface area contributed by atoms with E-state index in [2.05, 4.69) is 15.4 Å². The van der Waals surface area contributed by atoms with E-state index >= 15 is 0 Å². The summed E-state index contributed by atoms with van der Waals surface area (Å²) in [5.41, 5.74) is 1.25. The number of halogens is 2. The second-order valence-electron chi connectivity index (χ2n) is 4.89. The van der Waals surface area contributed by atoms with Gasteiger partial charge in [0.05, 0.1) is 6.04 Å². The zero-order valence-corrected chi connectivity index (χ0v) is 13.4. The Balaban J connectivity index is 1.91. The van der Waals surface area contributed by atoms with Crippen LogP contribution in [0.2, 0.25) is 10.0 Å². The molecule has 118 valence electrons. The van der Waals surface area contributed by atoms with Crippen LogP contribution in [0.1, 0.15) is 18.5 Å². The maximum atomic E-state index is 11.0. The minimum Gasteiger partial charge on any atom is -0.360 e. The maximum Gasteiger partial charge on any atom is 0.368 e. The highest BCUT2D eigenvalue weighted by atomic mass is 35.5. The molecule has 23 heavy (non-hydrogen) atoms. The number of benzene rings is 1. The second kappa shape index (κ2) is 6.02. The highest BCUT2D eigenvalue weighted by Crippen LogP contribution is 2.28. The summed E-state index contributed by atoms with van der Waals surface area (Å²) in [6.07, 6.45) is 1.17. The fraction of sp³-hybridized carbons (Fsp3) is 0.143. The molecule has 0 spiro atoms. The molecule has 0 aliphatic rings. The SMILES string of the molecule is C[C@H](Nc1ccc2ncc([N+](=O)[O-])n2n1)c1ccc(Cl)cc1Cl. The number of anilines is 1. The smallest absolute Gasteiger partial charge is 0.360 e. The Morgan fingerprint density at radius 2 is 2.09 bits per heavy atom. The van der Waals surface area contributed by atoms with Gasteiger partial charge in [-0.25, -0.2) is 4.98 Å². The summed E-state index contributed by atoms with van der Waals surface area (Å²) in [5.74, 6) is 0.276. The minimum atomic E-state index is -0.531. The van der Waals surface area contributed by atoms with Gasteiger partial charge in [0, 0.05) is 16.1 Å². The van der Waals surface area contributed by atoms with Gasteiger partial charge in [0.2, 0.25) is 5.65 Å². The van der Waals surface area contributed by atoms with Crippen LogP contribution in [-0.2, 0) is 0 Å². The molecule has 0 unspecified atom stereocenters. The number of nitrogens with one attached hydrogen (secondary N) is 1. The van der Waals surface area contributed by atoms with E-state index in [1.54, 1.807) is 24.3 Å². The molecule has 0 aliphatic carbocycles. The first-order valence-electron chi connectivity index (χ1n) is 6.66. The topological polar surface area (TPSA) is 85.4 Å². The molecule has 0 aliphatic heterocycles. The van der Waals surface area contributed by atoms with Crippen molar-refractivity contribution in [2.45, 2.75) is 13.0 Å². The molecule has 2 aromatic heterocycles. The third kappa shape index (κ3) is 3.06. The molecule has 0 radical (unpaired) electrons. The molecule has 1 atom stereocenters. The number of rotatable bonds is 4. The number of hydrogen-bond donors (Lipinski definition) is 1. The lowest BCUT2D eigenvalue weighted by molar-refractivity contribution is -0.391. The zero-order valence-electron chi connectivity index (χ0n) is 11.9. The van der Waals surface area contributed by atoms with E-state index in [0.717, 1.165) is 5.56 Å². The predicted molar refractivity (Wildman–Crippen MR) is 88.1 cm³/mol. The molecular weight excluding hydrogens is 341 g/mol. The van der Waals surface area contributed by atoms with Crippen LogP contribution < -0.4 is 5.32 Å². The first-order chi connectivity index (χ1) is 11.0. The highest BCUT2D eigenvalue weighted by Gasteiger charge is 2.17. The Hall–Kier alpha value is -2.38. The quantitative estimate of drug-likeness (QED) is 0.564. The van der Waals surface area contributed by atoms with Crippen LogP contribution in [0.4, 0.5) is 11.6 Å². The van der Waals surface area contributed by atoms with Gasteiger partial charge >= 0.3 is 5.82 Å². The summed E-state index contributed by atoms with van der Waals surface area (Å²) in [6, 6.07) is 8.42. The molecule has 7 nitrogen and oxygen atoms in total. The van der Waals surface area contributed by atoms with E-state index in [9.17, 15) is 10.1 Å². The van der Waals surface area contributed by atoms with E-state index < -0.39 is 4.92 Å². The Kier molecular flexibility index (Phi) is 4.06. The molecule has 1 aromatic carbocycles. The predicted octanol–water partition coefficient (Wildman–Crippen LogP) is 4.12. The molecule has 0 fully saturated rings. The fourth-order valence-corrected chi connectivity index (χ4v) is 2.79. The van der Waals surface area contributed by atoms with Crippen LogP contribution in [0.25, 0.3) is 5.65 Å². The number of nitrogens with zero attached hydrogens (tertiary/aromatic N) is 4. The van der Waals surface area contributed by atoms with Crippen LogP contribution in [0.15, 0.2) is 36.5 Å². The second-order valence-corrected chi connectivity index (χ2v) is 5.74. The molecular formula is C14H11Cl2N5O2. The van der Waals surface area contributed by atoms with Gasteiger partial charge in [-0.1, -0.05) is 38.9 Å². The average Bonchev–Trinajstić information content (AvgIpc) is 2.90. The van der Waals surface area contributed by atoms with E-state index in [0.29, 0.717) is 21.5 Å². The van der Waals surface area contributed by atoms with Crippen molar-refractivity contribution in [3.63, 3.8) is 0 Å². The minimum absolute atomic E-state index is 0.160. The first-order valence-corrected chi connectivity index (χ1v) is 7.42. The van der Waals surface area contributed by atoms with E-state index in [4.69, 9.17) is 23.2 Å². The number of imidazole rings is 1. The van der Waals surface area contributed by atoms with Crippen LogP contribution in [0.3, 0.4) is 0 Å². The van der Waals surface area contributed by atoms with Crippen molar-refractivity contribution in [3.8, 4) is 0 Å². The standard InChI is InChI=1S/C14H11Cl2N5O2/c1-8(10-3-2-9(15)6-11(10)16)18-12-4-5-13-17-7-14(21(22)23)20(13)19-12/h2-8H,1H3,(H,18,19)/t8-/m0/s1. The van der Waals surface area contributed by atoms with Gasteiger partial charge in [-0.05, 0) is 35.6 Å². The van der Waals surface area contributed by atoms with Crippen molar-refractivity contribution in [1.82, 2.24) is 14.6 Å². The number of nitro groups is 1. The third-order valence-corrected chi connectivity index (χ3v) is 3.89. The van der Waals surface area contributed by atoms with E-state index in [1.165, 1.54) is 10.7 Å². The lowest BCUT2D eigenvalue weighted by Crippen LogP contribution is -2.10. The zero-order chi connectivity index (χ0) is 16.6. The number of fused-ring (bicyclic) bond motifs is 1. The summed E-state index contributed by atoms with van der Waals surface area (Å²) in [5, 5.41) is 19.4. The molecule has 9 heteroatoms. The molecule has 0 amide bonds. The normalized spacial score (nSPS) is 12.3. The van der Waals surface area contributed by atoms with Gasteiger partial charge < -0.3 is 15.4 Å². The molecule has 0 bridgehead atoms. The molecule has 0 saturated carbocycles. The monoisotopic (exact) mass is 351 g/mol. The first kappa shape index (κ1) is 15.5. The maximum absolute atomic E-state index is 11.0.